The van der Waals surface area contributed by atoms with Crippen molar-refractivity contribution in [3.05, 3.63) is 78.4 Å². The van der Waals surface area contributed by atoms with Gasteiger partial charge in [0.15, 0.2) is 0 Å². The first kappa shape index (κ1) is 21.8. The van der Waals surface area contributed by atoms with Gasteiger partial charge in [0.25, 0.3) is 0 Å². The molecule has 0 bridgehead atoms. The van der Waals surface area contributed by atoms with Crippen molar-refractivity contribution in [2.75, 3.05) is 26.2 Å². The molecule has 33 heavy (non-hydrogen) atoms. The fraction of sp³-hybridized carbons (Fsp3) is 0.280. The number of sulfonamides is 1. The van der Waals surface area contributed by atoms with Gasteiger partial charge in [-0.3, -0.25) is 19.4 Å². The van der Waals surface area contributed by atoms with Gasteiger partial charge in [-0.15, -0.1) is 0 Å². The largest absolute Gasteiger partial charge is 0.289 e. The third-order valence-electron chi connectivity index (χ3n) is 6.48. The van der Waals surface area contributed by atoms with Gasteiger partial charge in [0, 0.05) is 26.2 Å². The van der Waals surface area contributed by atoms with E-state index < -0.39 is 16.1 Å². The molecule has 0 radical (unpaired) electrons. The first-order valence-electron chi connectivity index (χ1n) is 11.0. The van der Waals surface area contributed by atoms with Crippen LogP contribution >= 0.6 is 0 Å². The van der Waals surface area contributed by atoms with Crippen LogP contribution in [-0.4, -0.2) is 66.6 Å². The highest BCUT2D eigenvalue weighted by molar-refractivity contribution is 7.89. The van der Waals surface area contributed by atoms with Crippen LogP contribution in [0.15, 0.2) is 77.7 Å². The monoisotopic (exact) mass is 463 g/mol. The van der Waals surface area contributed by atoms with E-state index in [1.165, 1.54) is 9.21 Å². The summed E-state index contributed by atoms with van der Waals surface area (Å²) in [4.78, 5) is 29.0. The lowest BCUT2D eigenvalue weighted by molar-refractivity contribution is -0.140. The topological polar surface area (TPSA) is 78.0 Å². The van der Waals surface area contributed by atoms with E-state index in [4.69, 9.17) is 0 Å². The summed E-state index contributed by atoms with van der Waals surface area (Å²) in [6, 6.07) is 21.8. The van der Waals surface area contributed by atoms with E-state index in [0.717, 1.165) is 16.3 Å². The second-order valence-corrected chi connectivity index (χ2v) is 10.4. The van der Waals surface area contributed by atoms with Crippen LogP contribution in [0.1, 0.15) is 12.0 Å². The molecule has 0 aromatic heterocycles. The fourth-order valence-electron chi connectivity index (χ4n) is 4.62. The first-order valence-corrected chi connectivity index (χ1v) is 12.5. The molecule has 2 heterocycles. The van der Waals surface area contributed by atoms with Gasteiger partial charge in [0.05, 0.1) is 23.9 Å². The Hall–Kier alpha value is -3.07. The van der Waals surface area contributed by atoms with Crippen LogP contribution < -0.4 is 0 Å². The van der Waals surface area contributed by atoms with E-state index in [2.05, 4.69) is 0 Å². The minimum Gasteiger partial charge on any atom is -0.289 e. The number of hydrogen-bond donors (Lipinski definition) is 0. The van der Waals surface area contributed by atoms with Gasteiger partial charge in [0.2, 0.25) is 21.8 Å². The van der Waals surface area contributed by atoms with E-state index in [9.17, 15) is 18.0 Å². The van der Waals surface area contributed by atoms with E-state index in [1.807, 2.05) is 65.6 Å². The Morgan fingerprint density at radius 1 is 0.788 bits per heavy atom. The molecule has 2 saturated heterocycles. The van der Waals surface area contributed by atoms with Crippen molar-refractivity contribution in [2.45, 2.75) is 23.9 Å². The molecule has 170 valence electrons. The lowest BCUT2D eigenvalue weighted by Crippen LogP contribution is -2.53. The van der Waals surface area contributed by atoms with Crippen molar-refractivity contribution >= 4 is 32.6 Å². The van der Waals surface area contributed by atoms with Crippen LogP contribution in [0.4, 0.5) is 0 Å². The van der Waals surface area contributed by atoms with Gasteiger partial charge in [-0.25, -0.2) is 8.42 Å². The maximum Gasteiger partial charge on any atom is 0.247 e. The number of nitrogens with zero attached hydrogens (tertiary/aromatic N) is 3. The molecule has 2 fully saturated rings. The summed E-state index contributed by atoms with van der Waals surface area (Å²) in [5.74, 6) is -0.380. The van der Waals surface area contributed by atoms with E-state index >= 15 is 0 Å². The number of rotatable bonds is 5. The second-order valence-electron chi connectivity index (χ2n) is 8.47. The molecule has 5 rings (SSSR count). The predicted molar refractivity (Wildman–Crippen MR) is 125 cm³/mol. The maximum absolute atomic E-state index is 13.2. The summed E-state index contributed by atoms with van der Waals surface area (Å²) in [6.45, 7) is 1.66. The zero-order chi connectivity index (χ0) is 23.0. The highest BCUT2D eigenvalue weighted by Crippen LogP contribution is 2.26. The fourth-order valence-corrected chi connectivity index (χ4v) is 6.07. The second kappa shape index (κ2) is 8.70. The Balaban J connectivity index is 1.26. The van der Waals surface area contributed by atoms with Gasteiger partial charge in [-0.2, -0.15) is 4.31 Å². The normalized spacial score (nSPS) is 20.6. The van der Waals surface area contributed by atoms with Crippen LogP contribution in [0.3, 0.4) is 0 Å². The zero-order valence-corrected chi connectivity index (χ0v) is 18.9. The number of carbonyl (C=O) groups excluding carboxylic acids is 2. The summed E-state index contributed by atoms with van der Waals surface area (Å²) < 4.78 is 27.9. The number of amides is 2. The molecule has 0 saturated carbocycles. The molecule has 8 heteroatoms. The minimum atomic E-state index is -3.63. The summed E-state index contributed by atoms with van der Waals surface area (Å²) in [6.07, 6.45) is 0.142. The van der Waals surface area contributed by atoms with Gasteiger partial charge in [-0.05, 0) is 28.5 Å². The third-order valence-corrected chi connectivity index (χ3v) is 8.37. The number of fused-ring (bicyclic) bond motifs is 1. The summed E-state index contributed by atoms with van der Waals surface area (Å²) in [5, 5.41) is 1.87. The summed E-state index contributed by atoms with van der Waals surface area (Å²) in [5.41, 5.74) is 0.908. The van der Waals surface area contributed by atoms with E-state index in [-0.39, 0.29) is 42.8 Å². The van der Waals surface area contributed by atoms with Gasteiger partial charge in [-0.1, -0.05) is 60.7 Å². The molecule has 3 aromatic carbocycles. The Morgan fingerprint density at radius 3 is 2.18 bits per heavy atom. The first-order chi connectivity index (χ1) is 15.9. The van der Waals surface area contributed by atoms with Crippen molar-refractivity contribution in [1.29, 1.82) is 0 Å². The summed E-state index contributed by atoms with van der Waals surface area (Å²) >= 11 is 0. The molecule has 0 N–H and O–H groups in total. The van der Waals surface area contributed by atoms with Crippen LogP contribution in [0.5, 0.6) is 0 Å². The molecule has 2 aliphatic rings. The van der Waals surface area contributed by atoms with Crippen molar-refractivity contribution in [3.63, 3.8) is 0 Å². The van der Waals surface area contributed by atoms with Gasteiger partial charge in [0.1, 0.15) is 0 Å². The van der Waals surface area contributed by atoms with Crippen molar-refractivity contribution in [2.24, 2.45) is 0 Å². The van der Waals surface area contributed by atoms with Crippen molar-refractivity contribution in [3.8, 4) is 0 Å². The van der Waals surface area contributed by atoms with Crippen LogP contribution in [0.2, 0.25) is 0 Å². The number of piperazine rings is 1. The van der Waals surface area contributed by atoms with E-state index in [0.29, 0.717) is 13.1 Å². The molecule has 0 spiro atoms. The molecule has 7 nitrogen and oxygen atoms in total. The average Bonchev–Trinajstić information content (AvgIpc) is 3.13. The van der Waals surface area contributed by atoms with Crippen molar-refractivity contribution < 1.29 is 18.0 Å². The van der Waals surface area contributed by atoms with Crippen molar-refractivity contribution in [1.82, 2.24) is 14.1 Å². The maximum atomic E-state index is 13.2. The molecule has 0 aliphatic carbocycles. The minimum absolute atomic E-state index is 0.142. The summed E-state index contributed by atoms with van der Waals surface area (Å²) in [7, 11) is -3.63. The SMILES string of the molecule is O=C1C[C@@H](N2CCN(S(=O)(=O)c3ccc4ccccc4c3)CC2)C(=O)N1Cc1ccccc1. The van der Waals surface area contributed by atoms with E-state index in [1.54, 1.807) is 12.1 Å². The Bertz CT molecular complexity index is 1300. The standard InChI is InChI=1S/C25H25N3O4S/c29-24-17-23(25(30)28(24)18-19-6-2-1-3-7-19)26-12-14-27(15-13-26)33(31,32)22-11-10-20-8-4-5-9-21(20)16-22/h1-11,16,23H,12-15,17-18H2/t23-/m1/s1. The number of hydrogen-bond acceptors (Lipinski definition) is 5. The Labute approximate surface area is 193 Å². The molecular formula is C25H25N3O4S. The quantitative estimate of drug-likeness (QED) is 0.544. The van der Waals surface area contributed by atoms with Crippen LogP contribution in [0.25, 0.3) is 10.8 Å². The number of carbonyl (C=O) groups is 2. The molecule has 2 amide bonds. The molecule has 3 aromatic rings. The number of imide groups is 1. The van der Waals surface area contributed by atoms with Gasteiger partial charge < -0.3 is 0 Å². The zero-order valence-electron chi connectivity index (χ0n) is 18.1. The Kier molecular flexibility index (Phi) is 5.74. The van der Waals surface area contributed by atoms with Crippen LogP contribution in [0, 0.1) is 0 Å². The smallest absolute Gasteiger partial charge is 0.247 e. The lowest BCUT2D eigenvalue weighted by Gasteiger charge is -2.36. The molecular weight excluding hydrogens is 438 g/mol. The number of likely N-dealkylation sites (tertiary alicyclic amines) is 1. The average molecular weight is 464 g/mol. The molecule has 0 unspecified atom stereocenters. The van der Waals surface area contributed by atoms with Crippen LogP contribution in [-0.2, 0) is 26.2 Å². The highest BCUT2D eigenvalue weighted by atomic mass is 32.2. The molecule has 2 aliphatic heterocycles. The highest BCUT2D eigenvalue weighted by Gasteiger charge is 2.43. The predicted octanol–water partition coefficient (Wildman–Crippen LogP) is 2.47. The lowest BCUT2D eigenvalue weighted by atomic mass is 10.1. The molecule has 1 atom stereocenters. The number of benzene rings is 3. The third kappa shape index (κ3) is 4.17. The van der Waals surface area contributed by atoms with Gasteiger partial charge >= 0.3 is 0 Å². The Morgan fingerprint density at radius 2 is 1.45 bits per heavy atom.